The maximum atomic E-state index is 11.0. The van der Waals surface area contributed by atoms with E-state index in [0.29, 0.717) is 30.6 Å². The average Bonchev–Trinajstić information content (AvgIpc) is 3.07. The highest BCUT2D eigenvalue weighted by molar-refractivity contribution is 9.10. The lowest BCUT2D eigenvalue weighted by Crippen LogP contribution is -2.24. The highest BCUT2D eigenvalue weighted by Crippen LogP contribution is 2.46. The standard InChI is InChI=1S/C12H11BrN2O2/c13-9-2-1-8(6-14)10(5-9)15-7-12(3-4-12)11(16)17/h1-2,5,15H,3-4,7H2,(H,16,17). The van der Waals surface area contributed by atoms with Gasteiger partial charge in [-0.15, -0.1) is 0 Å². The van der Waals surface area contributed by atoms with Crippen molar-refractivity contribution in [2.45, 2.75) is 12.8 Å². The zero-order chi connectivity index (χ0) is 12.5. The van der Waals surface area contributed by atoms with Crippen LogP contribution in [-0.4, -0.2) is 17.6 Å². The largest absolute Gasteiger partial charge is 0.481 e. The number of nitriles is 1. The van der Waals surface area contributed by atoms with Crippen molar-refractivity contribution in [3.8, 4) is 6.07 Å². The van der Waals surface area contributed by atoms with Gasteiger partial charge in [-0.3, -0.25) is 4.79 Å². The zero-order valence-electron chi connectivity index (χ0n) is 9.03. The van der Waals surface area contributed by atoms with E-state index < -0.39 is 11.4 Å². The second kappa shape index (κ2) is 4.38. The Labute approximate surface area is 107 Å². The normalized spacial score (nSPS) is 16.0. The molecule has 17 heavy (non-hydrogen) atoms. The molecule has 0 bridgehead atoms. The Morgan fingerprint density at radius 2 is 2.29 bits per heavy atom. The Morgan fingerprint density at radius 3 is 2.82 bits per heavy atom. The maximum absolute atomic E-state index is 11.0. The van der Waals surface area contributed by atoms with E-state index in [1.54, 1.807) is 18.2 Å². The molecule has 1 fully saturated rings. The molecular formula is C12H11BrN2O2. The van der Waals surface area contributed by atoms with Gasteiger partial charge in [-0.05, 0) is 31.0 Å². The van der Waals surface area contributed by atoms with Crippen LogP contribution in [0, 0.1) is 16.7 Å². The van der Waals surface area contributed by atoms with Gasteiger partial charge < -0.3 is 10.4 Å². The average molecular weight is 295 g/mol. The third-order valence-electron chi connectivity index (χ3n) is 3.03. The number of aliphatic carboxylic acids is 1. The van der Waals surface area contributed by atoms with Crippen LogP contribution in [0.4, 0.5) is 5.69 Å². The fourth-order valence-corrected chi connectivity index (χ4v) is 2.00. The Morgan fingerprint density at radius 1 is 1.59 bits per heavy atom. The molecule has 0 amide bonds. The lowest BCUT2D eigenvalue weighted by Gasteiger charge is -2.13. The molecule has 0 atom stereocenters. The van der Waals surface area contributed by atoms with E-state index in [-0.39, 0.29) is 0 Å². The van der Waals surface area contributed by atoms with Gasteiger partial charge in [0.05, 0.1) is 16.7 Å². The summed E-state index contributed by atoms with van der Waals surface area (Å²) in [7, 11) is 0. The maximum Gasteiger partial charge on any atom is 0.311 e. The first-order valence-corrected chi connectivity index (χ1v) is 6.04. The topological polar surface area (TPSA) is 73.1 Å². The quantitative estimate of drug-likeness (QED) is 0.895. The van der Waals surface area contributed by atoms with Crippen molar-refractivity contribution in [2.24, 2.45) is 5.41 Å². The number of benzene rings is 1. The van der Waals surface area contributed by atoms with E-state index in [9.17, 15) is 4.79 Å². The number of nitrogens with zero attached hydrogens (tertiary/aromatic N) is 1. The number of carboxylic acid groups (broad SMARTS) is 1. The second-order valence-corrected chi connectivity index (χ2v) is 5.16. The van der Waals surface area contributed by atoms with Gasteiger partial charge >= 0.3 is 5.97 Å². The molecular weight excluding hydrogens is 284 g/mol. The van der Waals surface area contributed by atoms with Crippen molar-refractivity contribution in [1.82, 2.24) is 0 Å². The molecule has 1 saturated carbocycles. The lowest BCUT2D eigenvalue weighted by molar-refractivity contribution is -0.142. The highest BCUT2D eigenvalue weighted by Gasteiger charge is 2.50. The Kier molecular flexibility index (Phi) is 3.07. The van der Waals surface area contributed by atoms with Gasteiger partial charge in [0.25, 0.3) is 0 Å². The summed E-state index contributed by atoms with van der Waals surface area (Å²) >= 11 is 3.32. The first-order chi connectivity index (χ1) is 8.07. The summed E-state index contributed by atoms with van der Waals surface area (Å²) in [4.78, 5) is 11.0. The monoisotopic (exact) mass is 294 g/mol. The van der Waals surface area contributed by atoms with E-state index >= 15 is 0 Å². The molecule has 1 aliphatic carbocycles. The van der Waals surface area contributed by atoms with Crippen molar-refractivity contribution < 1.29 is 9.90 Å². The van der Waals surface area contributed by atoms with Crippen LogP contribution in [0.1, 0.15) is 18.4 Å². The minimum absolute atomic E-state index is 0.369. The van der Waals surface area contributed by atoms with Crippen LogP contribution in [0.2, 0.25) is 0 Å². The van der Waals surface area contributed by atoms with Crippen LogP contribution in [0.5, 0.6) is 0 Å². The molecule has 0 spiro atoms. The number of hydrogen-bond acceptors (Lipinski definition) is 3. The predicted molar refractivity (Wildman–Crippen MR) is 66.6 cm³/mol. The number of anilines is 1. The third-order valence-corrected chi connectivity index (χ3v) is 3.52. The summed E-state index contributed by atoms with van der Waals surface area (Å²) < 4.78 is 0.860. The summed E-state index contributed by atoms with van der Waals surface area (Å²) in [6.45, 7) is 0.369. The fourth-order valence-electron chi connectivity index (χ4n) is 1.64. The molecule has 0 heterocycles. The first-order valence-electron chi connectivity index (χ1n) is 5.24. The summed E-state index contributed by atoms with van der Waals surface area (Å²) in [6, 6.07) is 7.35. The summed E-state index contributed by atoms with van der Waals surface area (Å²) in [5, 5.41) is 21.0. The molecule has 2 rings (SSSR count). The van der Waals surface area contributed by atoms with Crippen molar-refractivity contribution in [1.29, 1.82) is 5.26 Å². The van der Waals surface area contributed by atoms with E-state index in [0.717, 1.165) is 4.47 Å². The van der Waals surface area contributed by atoms with Crippen LogP contribution in [0.15, 0.2) is 22.7 Å². The van der Waals surface area contributed by atoms with E-state index in [2.05, 4.69) is 27.3 Å². The minimum atomic E-state index is -0.765. The van der Waals surface area contributed by atoms with Gasteiger partial charge in [-0.2, -0.15) is 5.26 Å². The molecule has 1 aromatic rings. The van der Waals surface area contributed by atoms with E-state index in [1.165, 1.54) is 0 Å². The SMILES string of the molecule is N#Cc1ccc(Br)cc1NCC1(C(=O)O)CC1. The van der Waals surface area contributed by atoms with Crippen LogP contribution in [0.25, 0.3) is 0 Å². The smallest absolute Gasteiger partial charge is 0.311 e. The van der Waals surface area contributed by atoms with Crippen LogP contribution >= 0.6 is 15.9 Å². The van der Waals surface area contributed by atoms with Gasteiger partial charge in [0.2, 0.25) is 0 Å². The van der Waals surface area contributed by atoms with Crippen molar-refractivity contribution in [2.75, 3.05) is 11.9 Å². The molecule has 0 saturated heterocycles. The minimum Gasteiger partial charge on any atom is -0.481 e. The molecule has 88 valence electrons. The summed E-state index contributed by atoms with van der Waals surface area (Å²) in [6.07, 6.45) is 1.40. The number of nitrogens with one attached hydrogen (secondary N) is 1. The molecule has 2 N–H and O–H groups in total. The highest BCUT2D eigenvalue weighted by atomic mass is 79.9. The molecule has 1 aromatic carbocycles. The fraction of sp³-hybridized carbons (Fsp3) is 0.333. The Balaban J connectivity index is 2.12. The van der Waals surface area contributed by atoms with Crippen LogP contribution in [0.3, 0.4) is 0 Å². The Bertz CT molecular complexity index is 504. The van der Waals surface area contributed by atoms with Crippen LogP contribution < -0.4 is 5.32 Å². The van der Waals surface area contributed by atoms with Crippen molar-refractivity contribution >= 4 is 27.6 Å². The number of carbonyl (C=O) groups is 1. The van der Waals surface area contributed by atoms with Crippen molar-refractivity contribution in [3.05, 3.63) is 28.2 Å². The number of rotatable bonds is 4. The third kappa shape index (κ3) is 2.42. The molecule has 5 heteroatoms. The van der Waals surface area contributed by atoms with Gasteiger partial charge in [0, 0.05) is 11.0 Å². The predicted octanol–water partition coefficient (Wildman–Crippen LogP) is 2.60. The summed E-state index contributed by atoms with van der Waals surface area (Å²) in [5.74, 6) is -0.765. The summed E-state index contributed by atoms with van der Waals surface area (Å²) in [5.41, 5.74) is 0.568. The zero-order valence-corrected chi connectivity index (χ0v) is 10.6. The van der Waals surface area contributed by atoms with Crippen LogP contribution in [-0.2, 0) is 4.79 Å². The van der Waals surface area contributed by atoms with Crippen molar-refractivity contribution in [3.63, 3.8) is 0 Å². The Hall–Kier alpha value is -1.54. The molecule has 0 aliphatic heterocycles. The molecule has 0 unspecified atom stereocenters. The first kappa shape index (κ1) is 11.9. The van der Waals surface area contributed by atoms with Gasteiger partial charge in [-0.25, -0.2) is 0 Å². The lowest BCUT2D eigenvalue weighted by atomic mass is 10.1. The van der Waals surface area contributed by atoms with E-state index in [4.69, 9.17) is 10.4 Å². The second-order valence-electron chi connectivity index (χ2n) is 4.24. The molecule has 0 radical (unpaired) electrons. The van der Waals surface area contributed by atoms with E-state index in [1.807, 2.05) is 0 Å². The number of carboxylic acids is 1. The molecule has 0 aromatic heterocycles. The molecule has 1 aliphatic rings. The van der Waals surface area contributed by atoms with Gasteiger partial charge in [0.1, 0.15) is 6.07 Å². The number of halogens is 1. The van der Waals surface area contributed by atoms with Gasteiger partial charge in [-0.1, -0.05) is 15.9 Å². The van der Waals surface area contributed by atoms with Gasteiger partial charge in [0.15, 0.2) is 0 Å². The number of hydrogen-bond donors (Lipinski definition) is 2. The molecule has 4 nitrogen and oxygen atoms in total.